The van der Waals surface area contributed by atoms with Crippen molar-refractivity contribution in [3.8, 4) is 11.1 Å². The van der Waals surface area contributed by atoms with Gasteiger partial charge in [-0.25, -0.2) is 9.59 Å². The lowest BCUT2D eigenvalue weighted by molar-refractivity contribution is 0.0148. The molecule has 1 saturated heterocycles. The van der Waals surface area contributed by atoms with E-state index in [4.69, 9.17) is 21.1 Å². The number of piperidine rings is 1. The summed E-state index contributed by atoms with van der Waals surface area (Å²) in [4.78, 5) is 26.4. The molecule has 37 heavy (non-hydrogen) atoms. The molecule has 1 fully saturated rings. The molecule has 1 aliphatic rings. The number of ether oxygens (including phenoxy) is 2. The lowest BCUT2D eigenvalue weighted by Crippen LogP contribution is -2.44. The molecule has 0 bridgehead atoms. The summed E-state index contributed by atoms with van der Waals surface area (Å²) in [6.07, 6.45) is 3.82. The van der Waals surface area contributed by atoms with Gasteiger partial charge in [0.15, 0.2) is 0 Å². The highest BCUT2D eigenvalue weighted by Crippen LogP contribution is 2.43. The Balaban J connectivity index is 1.94. The number of halogens is 1. The molecule has 2 amide bonds. The van der Waals surface area contributed by atoms with Crippen LogP contribution in [0.15, 0.2) is 42.5 Å². The molecule has 7 heteroatoms. The molecule has 2 atom stereocenters. The van der Waals surface area contributed by atoms with Crippen molar-refractivity contribution in [3.05, 3.63) is 58.6 Å². The van der Waals surface area contributed by atoms with Crippen molar-refractivity contribution in [1.29, 1.82) is 0 Å². The number of alkyl carbamates (subject to hydrolysis) is 1. The second-order valence-electron chi connectivity index (χ2n) is 10.8. The van der Waals surface area contributed by atoms with Gasteiger partial charge in [0.1, 0.15) is 5.60 Å². The first-order valence-corrected chi connectivity index (χ1v) is 13.7. The molecule has 0 radical (unpaired) electrons. The van der Waals surface area contributed by atoms with Gasteiger partial charge in [-0.15, -0.1) is 0 Å². The van der Waals surface area contributed by atoms with E-state index in [0.29, 0.717) is 19.6 Å². The number of hydrogen-bond donors (Lipinski definition) is 1. The van der Waals surface area contributed by atoms with Gasteiger partial charge in [-0.3, -0.25) is 0 Å². The van der Waals surface area contributed by atoms with E-state index in [1.807, 2.05) is 37.8 Å². The number of aryl methyl sites for hydroxylation is 1. The van der Waals surface area contributed by atoms with Crippen molar-refractivity contribution in [1.82, 2.24) is 10.2 Å². The predicted molar refractivity (Wildman–Crippen MR) is 149 cm³/mol. The summed E-state index contributed by atoms with van der Waals surface area (Å²) in [6, 6.07) is 14.7. The number of nitrogens with zero attached hydrogens (tertiary/aromatic N) is 1. The van der Waals surface area contributed by atoms with Crippen LogP contribution in [0.1, 0.15) is 70.4 Å². The van der Waals surface area contributed by atoms with Crippen LogP contribution in [-0.2, 0) is 15.9 Å². The number of carbonyl (C=O) groups is 2. The summed E-state index contributed by atoms with van der Waals surface area (Å²) >= 11 is 6.86. The highest BCUT2D eigenvalue weighted by molar-refractivity contribution is 6.33. The fraction of sp³-hybridized carbons (Fsp3) is 0.533. The highest BCUT2D eigenvalue weighted by Gasteiger charge is 2.33. The van der Waals surface area contributed by atoms with E-state index in [0.717, 1.165) is 48.3 Å². The van der Waals surface area contributed by atoms with Crippen LogP contribution in [-0.4, -0.2) is 49.4 Å². The second kappa shape index (κ2) is 13.2. The van der Waals surface area contributed by atoms with Crippen molar-refractivity contribution in [3.63, 3.8) is 0 Å². The third-order valence-corrected chi connectivity index (χ3v) is 7.21. The number of carbonyl (C=O) groups excluding carboxylic acids is 2. The maximum atomic E-state index is 12.9. The Morgan fingerprint density at radius 1 is 1.19 bits per heavy atom. The van der Waals surface area contributed by atoms with Gasteiger partial charge >= 0.3 is 12.2 Å². The lowest BCUT2D eigenvalue weighted by Gasteiger charge is -2.38. The minimum absolute atomic E-state index is 0.156. The molecule has 0 aromatic heterocycles. The van der Waals surface area contributed by atoms with Crippen molar-refractivity contribution in [2.45, 2.75) is 71.3 Å². The molecule has 6 nitrogen and oxygen atoms in total. The molecule has 0 saturated carbocycles. The molecule has 202 valence electrons. The van der Waals surface area contributed by atoms with Crippen LogP contribution in [0.3, 0.4) is 0 Å². The maximum absolute atomic E-state index is 12.9. The first-order valence-electron chi connectivity index (χ1n) is 13.3. The number of benzene rings is 2. The van der Waals surface area contributed by atoms with Gasteiger partial charge in [0, 0.05) is 30.2 Å². The average molecular weight is 529 g/mol. The summed E-state index contributed by atoms with van der Waals surface area (Å²) in [5.41, 5.74) is 4.08. The minimum atomic E-state index is -0.534. The molecule has 2 aromatic carbocycles. The molecule has 3 rings (SSSR count). The van der Waals surface area contributed by atoms with Crippen LogP contribution in [0.25, 0.3) is 11.1 Å². The van der Waals surface area contributed by atoms with Crippen molar-refractivity contribution in [2.24, 2.45) is 5.92 Å². The van der Waals surface area contributed by atoms with Crippen LogP contribution < -0.4 is 5.32 Å². The Morgan fingerprint density at radius 2 is 1.95 bits per heavy atom. The number of amides is 2. The third kappa shape index (κ3) is 8.13. The number of methoxy groups -OCH3 is 1. The largest absolute Gasteiger partial charge is 0.453 e. The molecular weight excluding hydrogens is 488 g/mol. The van der Waals surface area contributed by atoms with Crippen molar-refractivity contribution < 1.29 is 19.1 Å². The number of hydrogen-bond acceptors (Lipinski definition) is 4. The van der Waals surface area contributed by atoms with Gasteiger partial charge in [-0.1, -0.05) is 54.9 Å². The Bertz CT molecular complexity index is 1070. The molecule has 2 unspecified atom stereocenters. The molecule has 1 N–H and O–H groups in total. The summed E-state index contributed by atoms with van der Waals surface area (Å²) in [5, 5.41) is 3.52. The molecular formula is C30H41ClN2O4. The maximum Gasteiger partial charge on any atom is 0.410 e. The monoisotopic (exact) mass is 528 g/mol. The third-order valence-electron chi connectivity index (χ3n) is 6.89. The van der Waals surface area contributed by atoms with Gasteiger partial charge in [0.25, 0.3) is 0 Å². The van der Waals surface area contributed by atoms with Crippen molar-refractivity contribution in [2.75, 3.05) is 26.7 Å². The van der Waals surface area contributed by atoms with Gasteiger partial charge in [-0.2, -0.15) is 0 Å². The summed E-state index contributed by atoms with van der Waals surface area (Å²) in [6.45, 7) is 9.68. The first-order chi connectivity index (χ1) is 17.6. The van der Waals surface area contributed by atoms with Crippen LogP contribution in [0.5, 0.6) is 0 Å². The van der Waals surface area contributed by atoms with Gasteiger partial charge in [-0.05, 0) is 87.5 Å². The Kier molecular flexibility index (Phi) is 10.3. The molecule has 1 heterocycles. The zero-order chi connectivity index (χ0) is 27.0. The van der Waals surface area contributed by atoms with E-state index < -0.39 is 11.7 Å². The first kappa shape index (κ1) is 28.8. The average Bonchev–Trinajstić information content (AvgIpc) is 2.87. The fourth-order valence-electron chi connectivity index (χ4n) is 5.16. The summed E-state index contributed by atoms with van der Waals surface area (Å²) in [7, 11) is 1.37. The zero-order valence-electron chi connectivity index (χ0n) is 22.8. The standard InChI is InChI=1S/C30H41ClN2O4/c1-6-21-11-7-12-22(19-21)27-25(14-8-16-26(27)31)24(15-9-17-32-28(34)36-5)23-13-10-18-33(20-23)29(35)37-30(2,3)4/h7-8,11-12,14,16,19,23-24H,6,9-10,13,15,17-18,20H2,1-5H3,(H,32,34). The van der Waals surface area contributed by atoms with Gasteiger partial charge in [0.2, 0.25) is 0 Å². The van der Waals surface area contributed by atoms with Crippen LogP contribution in [0.4, 0.5) is 9.59 Å². The predicted octanol–water partition coefficient (Wildman–Crippen LogP) is 7.44. The smallest absolute Gasteiger partial charge is 0.410 e. The molecule has 0 aliphatic carbocycles. The van der Waals surface area contributed by atoms with E-state index >= 15 is 0 Å². The van der Waals surface area contributed by atoms with Crippen LogP contribution in [0, 0.1) is 5.92 Å². The Hall–Kier alpha value is -2.73. The number of likely N-dealkylation sites (tertiary alicyclic amines) is 1. The van der Waals surface area contributed by atoms with Crippen molar-refractivity contribution >= 4 is 23.8 Å². The van der Waals surface area contributed by atoms with Gasteiger partial charge in [0.05, 0.1) is 7.11 Å². The SMILES string of the molecule is CCc1cccc(-c2c(Cl)cccc2C(CCCNC(=O)OC)C2CCCN(C(=O)OC(C)(C)C)C2)c1. The molecule has 0 spiro atoms. The van der Waals surface area contributed by atoms with Gasteiger partial charge < -0.3 is 19.7 Å². The van der Waals surface area contributed by atoms with Crippen LogP contribution >= 0.6 is 11.6 Å². The lowest BCUT2D eigenvalue weighted by atomic mass is 9.76. The van der Waals surface area contributed by atoms with E-state index in [-0.39, 0.29) is 17.9 Å². The minimum Gasteiger partial charge on any atom is -0.453 e. The summed E-state index contributed by atoms with van der Waals surface area (Å²) in [5.74, 6) is 0.398. The Labute approximate surface area is 226 Å². The zero-order valence-corrected chi connectivity index (χ0v) is 23.6. The fourth-order valence-corrected chi connectivity index (χ4v) is 5.45. The quantitative estimate of drug-likeness (QED) is 0.361. The summed E-state index contributed by atoms with van der Waals surface area (Å²) < 4.78 is 10.4. The van der Waals surface area contributed by atoms with E-state index in [9.17, 15) is 9.59 Å². The Morgan fingerprint density at radius 3 is 2.65 bits per heavy atom. The van der Waals surface area contributed by atoms with E-state index in [1.54, 1.807) is 0 Å². The second-order valence-corrected chi connectivity index (χ2v) is 11.2. The normalized spacial score (nSPS) is 16.7. The highest BCUT2D eigenvalue weighted by atomic mass is 35.5. The number of nitrogens with one attached hydrogen (secondary N) is 1. The number of rotatable bonds is 8. The molecule has 1 aliphatic heterocycles. The topological polar surface area (TPSA) is 67.9 Å². The van der Waals surface area contributed by atoms with E-state index in [2.05, 4.69) is 42.6 Å². The van der Waals surface area contributed by atoms with E-state index in [1.165, 1.54) is 18.2 Å². The molecule has 2 aromatic rings. The van der Waals surface area contributed by atoms with Crippen LogP contribution in [0.2, 0.25) is 5.02 Å².